The van der Waals surface area contributed by atoms with Crippen molar-refractivity contribution < 1.29 is 9.90 Å². The molecule has 0 heterocycles. The standard InChI is InChI=1S/C39H71NO2/c1-3-5-7-9-11-13-15-17-19-21-23-25-27-29-31-33-35-39(37-40,38(41)42)36-34-32-30-28-26-24-22-20-18-16-14-12-10-8-6-4-2/h11-14,17-20H,3-10,15-16,21-37,40H2,1-2H3,(H,41,42)/b13-11-,14-12?,19-17-,20-18?. The average molecular weight is 586 g/mol. The topological polar surface area (TPSA) is 63.3 Å². The summed E-state index contributed by atoms with van der Waals surface area (Å²) >= 11 is 0. The predicted molar refractivity (Wildman–Crippen MR) is 187 cm³/mol. The van der Waals surface area contributed by atoms with Gasteiger partial charge in [0.25, 0.3) is 0 Å². The van der Waals surface area contributed by atoms with Crippen LogP contribution in [0.25, 0.3) is 0 Å². The molecule has 0 aliphatic rings. The quantitative estimate of drug-likeness (QED) is 0.0609. The molecule has 3 heteroatoms. The summed E-state index contributed by atoms with van der Waals surface area (Å²) in [5.74, 6) is -0.685. The first-order valence-electron chi connectivity index (χ1n) is 18.2. The van der Waals surface area contributed by atoms with Crippen LogP contribution in [0.15, 0.2) is 48.6 Å². The summed E-state index contributed by atoms with van der Waals surface area (Å²) < 4.78 is 0. The molecule has 0 aliphatic heterocycles. The molecule has 0 aliphatic carbocycles. The monoisotopic (exact) mass is 586 g/mol. The first-order valence-corrected chi connectivity index (χ1v) is 18.2. The number of carboxylic acids is 1. The summed E-state index contributed by atoms with van der Waals surface area (Å²) in [5, 5.41) is 9.97. The van der Waals surface area contributed by atoms with Gasteiger partial charge in [-0.2, -0.15) is 0 Å². The molecule has 0 aromatic heterocycles. The number of aliphatic carboxylic acids is 1. The molecular weight excluding hydrogens is 514 g/mol. The molecule has 0 rings (SSSR count). The number of nitrogens with two attached hydrogens (primary N) is 1. The van der Waals surface area contributed by atoms with Gasteiger partial charge in [0, 0.05) is 6.54 Å². The molecule has 0 saturated carbocycles. The fraction of sp³-hybridized carbons (Fsp3) is 0.769. The summed E-state index contributed by atoms with van der Waals surface area (Å²) in [6.07, 6.45) is 48.9. The van der Waals surface area contributed by atoms with E-state index in [2.05, 4.69) is 62.5 Å². The highest BCUT2D eigenvalue weighted by Crippen LogP contribution is 2.31. The Kier molecular flexibility index (Phi) is 31.1. The van der Waals surface area contributed by atoms with Gasteiger partial charge >= 0.3 is 5.97 Å². The number of rotatable bonds is 32. The summed E-state index contributed by atoms with van der Waals surface area (Å²) in [6.45, 7) is 4.76. The second kappa shape index (κ2) is 32.3. The van der Waals surface area contributed by atoms with Crippen LogP contribution in [0.5, 0.6) is 0 Å². The van der Waals surface area contributed by atoms with Gasteiger partial charge < -0.3 is 10.8 Å². The zero-order chi connectivity index (χ0) is 30.8. The van der Waals surface area contributed by atoms with Gasteiger partial charge in [-0.15, -0.1) is 0 Å². The van der Waals surface area contributed by atoms with Crippen LogP contribution in [-0.4, -0.2) is 17.6 Å². The highest BCUT2D eigenvalue weighted by molar-refractivity contribution is 5.74. The van der Waals surface area contributed by atoms with Gasteiger partial charge in [0.15, 0.2) is 0 Å². The van der Waals surface area contributed by atoms with Crippen LogP contribution in [0.4, 0.5) is 0 Å². The van der Waals surface area contributed by atoms with Gasteiger partial charge in [-0.3, -0.25) is 4.79 Å². The number of carboxylic acid groups (broad SMARTS) is 1. The first kappa shape index (κ1) is 40.4. The smallest absolute Gasteiger partial charge is 0.310 e. The van der Waals surface area contributed by atoms with Gasteiger partial charge in [-0.25, -0.2) is 0 Å². The van der Waals surface area contributed by atoms with Gasteiger partial charge in [-0.1, -0.05) is 152 Å². The van der Waals surface area contributed by atoms with Crippen molar-refractivity contribution in [3.8, 4) is 0 Å². The maximum Gasteiger partial charge on any atom is 0.310 e. The van der Waals surface area contributed by atoms with Crippen molar-refractivity contribution >= 4 is 5.97 Å². The molecule has 3 nitrogen and oxygen atoms in total. The van der Waals surface area contributed by atoms with Crippen molar-refractivity contribution in [1.29, 1.82) is 0 Å². The van der Waals surface area contributed by atoms with Crippen LogP contribution in [0.3, 0.4) is 0 Å². The molecule has 0 bridgehead atoms. The van der Waals surface area contributed by atoms with Crippen LogP contribution in [0.2, 0.25) is 0 Å². The van der Waals surface area contributed by atoms with Crippen LogP contribution in [0.1, 0.15) is 181 Å². The lowest BCUT2D eigenvalue weighted by Gasteiger charge is -2.28. The third kappa shape index (κ3) is 26.1. The van der Waals surface area contributed by atoms with E-state index in [4.69, 9.17) is 5.73 Å². The normalized spacial score (nSPS) is 13.8. The fourth-order valence-electron chi connectivity index (χ4n) is 5.53. The molecule has 0 spiro atoms. The summed E-state index contributed by atoms with van der Waals surface area (Å²) in [7, 11) is 0. The van der Waals surface area contributed by atoms with Crippen LogP contribution in [-0.2, 0) is 4.79 Å². The van der Waals surface area contributed by atoms with Crippen molar-refractivity contribution in [2.75, 3.05) is 6.54 Å². The van der Waals surface area contributed by atoms with Crippen molar-refractivity contribution in [3.63, 3.8) is 0 Å². The lowest BCUT2D eigenvalue weighted by molar-refractivity contribution is -0.149. The van der Waals surface area contributed by atoms with Gasteiger partial charge in [0.2, 0.25) is 0 Å². The van der Waals surface area contributed by atoms with Gasteiger partial charge in [-0.05, 0) is 77.0 Å². The minimum absolute atomic E-state index is 0.267. The minimum Gasteiger partial charge on any atom is -0.481 e. The Labute approximate surface area is 262 Å². The molecule has 42 heavy (non-hydrogen) atoms. The summed E-state index contributed by atoms with van der Waals surface area (Å²) in [4.78, 5) is 12.1. The SMILES string of the molecule is CCCCCC=CCC=CCCCCCCCCC(CN)(CCCCCCCC/C=C\C/C=C\CCCCC)C(=O)O. The Bertz CT molecular complexity index is 642. The minimum atomic E-state index is -0.718. The van der Waals surface area contributed by atoms with E-state index in [1.165, 1.54) is 116 Å². The molecule has 0 fully saturated rings. The molecule has 0 amide bonds. The number of unbranched alkanes of at least 4 members (excludes halogenated alkanes) is 18. The molecule has 0 saturated heterocycles. The number of carbonyl (C=O) groups is 1. The van der Waals surface area contributed by atoms with E-state index >= 15 is 0 Å². The highest BCUT2D eigenvalue weighted by atomic mass is 16.4. The van der Waals surface area contributed by atoms with E-state index in [-0.39, 0.29) is 6.54 Å². The Morgan fingerprint density at radius 2 is 0.810 bits per heavy atom. The van der Waals surface area contributed by atoms with Crippen molar-refractivity contribution in [2.45, 2.75) is 181 Å². The maximum atomic E-state index is 12.1. The number of hydrogen-bond donors (Lipinski definition) is 2. The number of allylic oxidation sites excluding steroid dienone is 8. The molecule has 3 N–H and O–H groups in total. The predicted octanol–water partition coefficient (Wildman–Crippen LogP) is 12.4. The summed E-state index contributed by atoms with van der Waals surface area (Å²) in [6, 6.07) is 0. The second-order valence-electron chi connectivity index (χ2n) is 12.5. The average Bonchev–Trinajstić information content (AvgIpc) is 2.99. The molecule has 1 atom stereocenters. The largest absolute Gasteiger partial charge is 0.481 e. The Hall–Kier alpha value is -1.61. The molecular formula is C39H71NO2. The zero-order valence-electron chi connectivity index (χ0n) is 28.1. The summed E-state index contributed by atoms with van der Waals surface area (Å²) in [5.41, 5.74) is 5.32. The van der Waals surface area contributed by atoms with Crippen molar-refractivity contribution in [2.24, 2.45) is 11.1 Å². The third-order valence-electron chi connectivity index (χ3n) is 8.56. The van der Waals surface area contributed by atoms with Crippen molar-refractivity contribution in [3.05, 3.63) is 48.6 Å². The maximum absolute atomic E-state index is 12.1. The molecule has 0 radical (unpaired) electrons. The second-order valence-corrected chi connectivity index (χ2v) is 12.5. The van der Waals surface area contributed by atoms with E-state index in [0.29, 0.717) is 0 Å². The van der Waals surface area contributed by atoms with Crippen LogP contribution in [0, 0.1) is 5.41 Å². The molecule has 0 aromatic carbocycles. The van der Waals surface area contributed by atoms with Crippen molar-refractivity contribution in [1.82, 2.24) is 0 Å². The van der Waals surface area contributed by atoms with Crippen LogP contribution >= 0.6 is 0 Å². The molecule has 0 aromatic rings. The van der Waals surface area contributed by atoms with Gasteiger partial charge in [0.05, 0.1) is 5.41 Å². The van der Waals surface area contributed by atoms with E-state index in [1.807, 2.05) is 0 Å². The van der Waals surface area contributed by atoms with E-state index in [0.717, 1.165) is 51.4 Å². The van der Waals surface area contributed by atoms with E-state index in [9.17, 15) is 9.90 Å². The fourth-order valence-corrected chi connectivity index (χ4v) is 5.53. The highest BCUT2D eigenvalue weighted by Gasteiger charge is 2.35. The molecule has 1 unspecified atom stereocenters. The first-order chi connectivity index (χ1) is 20.6. The lowest BCUT2D eigenvalue weighted by Crippen LogP contribution is -2.38. The van der Waals surface area contributed by atoms with Gasteiger partial charge in [0.1, 0.15) is 0 Å². The number of hydrogen-bond acceptors (Lipinski definition) is 2. The zero-order valence-corrected chi connectivity index (χ0v) is 28.1. The Morgan fingerprint density at radius 1 is 0.500 bits per heavy atom. The van der Waals surface area contributed by atoms with E-state index < -0.39 is 11.4 Å². The lowest BCUT2D eigenvalue weighted by atomic mass is 9.78. The van der Waals surface area contributed by atoms with E-state index in [1.54, 1.807) is 0 Å². The van der Waals surface area contributed by atoms with Crippen LogP contribution < -0.4 is 5.73 Å². The Balaban J connectivity index is 3.80. The Morgan fingerprint density at radius 3 is 1.12 bits per heavy atom. The third-order valence-corrected chi connectivity index (χ3v) is 8.56. The molecule has 244 valence electrons.